The zero-order valence-electron chi connectivity index (χ0n) is 13.4. The molecule has 1 aromatic rings. The number of sulfone groups is 1. The molecule has 1 unspecified atom stereocenters. The van der Waals surface area contributed by atoms with Crippen LogP contribution in [0.3, 0.4) is 0 Å². The second-order valence-corrected chi connectivity index (χ2v) is 8.35. The quantitative estimate of drug-likeness (QED) is 0.768. The maximum atomic E-state index is 12.3. The van der Waals surface area contributed by atoms with E-state index in [1.54, 1.807) is 18.2 Å². The molecule has 1 aromatic carbocycles. The Morgan fingerprint density at radius 3 is 2.83 bits per heavy atom. The smallest absolute Gasteiger partial charge is 0.228 e. The van der Waals surface area contributed by atoms with Crippen LogP contribution in [0.4, 0.5) is 5.69 Å². The predicted octanol–water partition coefficient (Wildman–Crippen LogP) is 2.12. The summed E-state index contributed by atoms with van der Waals surface area (Å²) in [4.78, 5) is 12.3. The number of hydrogen-bond donors (Lipinski definition) is 2. The standard InChI is InChI=1S/C15H21ClN2O4S.ClH/c1-23(20,21)8-7-22-14-5-4-12(16)9-13(14)18-15(19)11-3-2-6-17-10-11;/h4-5,9,11,17H,2-3,6-8,10H2,1H3,(H,18,19);1H. The van der Waals surface area contributed by atoms with Gasteiger partial charge in [-0.1, -0.05) is 11.6 Å². The first kappa shape index (κ1) is 21.0. The van der Waals surface area contributed by atoms with Gasteiger partial charge in [0.2, 0.25) is 5.91 Å². The van der Waals surface area contributed by atoms with Crippen LogP contribution in [0.2, 0.25) is 5.02 Å². The lowest BCUT2D eigenvalue weighted by Crippen LogP contribution is -2.37. The van der Waals surface area contributed by atoms with E-state index in [2.05, 4.69) is 10.6 Å². The van der Waals surface area contributed by atoms with Crippen molar-refractivity contribution in [3.05, 3.63) is 23.2 Å². The minimum absolute atomic E-state index is 0. The molecule has 1 fully saturated rings. The largest absolute Gasteiger partial charge is 0.490 e. The zero-order chi connectivity index (χ0) is 16.9. The lowest BCUT2D eigenvalue weighted by molar-refractivity contribution is -0.120. The molecule has 6 nitrogen and oxygen atoms in total. The Morgan fingerprint density at radius 1 is 1.46 bits per heavy atom. The minimum Gasteiger partial charge on any atom is -0.490 e. The third kappa shape index (κ3) is 6.84. The van der Waals surface area contributed by atoms with Crippen molar-refractivity contribution in [3.63, 3.8) is 0 Å². The number of carbonyl (C=O) groups excluding carboxylic acids is 1. The summed E-state index contributed by atoms with van der Waals surface area (Å²) in [5.74, 6) is 0.143. The van der Waals surface area contributed by atoms with E-state index in [-0.39, 0.29) is 36.6 Å². The topological polar surface area (TPSA) is 84.5 Å². The molecule has 1 amide bonds. The summed E-state index contributed by atoms with van der Waals surface area (Å²) in [6, 6.07) is 4.86. The van der Waals surface area contributed by atoms with Crippen LogP contribution >= 0.6 is 24.0 Å². The Labute approximate surface area is 153 Å². The van der Waals surface area contributed by atoms with Crippen LogP contribution in [0.25, 0.3) is 0 Å². The van der Waals surface area contributed by atoms with E-state index in [9.17, 15) is 13.2 Å². The highest BCUT2D eigenvalue weighted by Gasteiger charge is 2.22. The van der Waals surface area contributed by atoms with Crippen molar-refractivity contribution in [1.29, 1.82) is 0 Å². The highest BCUT2D eigenvalue weighted by Crippen LogP contribution is 2.29. The van der Waals surface area contributed by atoms with E-state index in [1.807, 2.05) is 0 Å². The fourth-order valence-corrected chi connectivity index (χ4v) is 2.90. The van der Waals surface area contributed by atoms with Crippen LogP contribution in [0.15, 0.2) is 18.2 Å². The molecule has 136 valence electrons. The van der Waals surface area contributed by atoms with E-state index in [4.69, 9.17) is 16.3 Å². The molecule has 1 aliphatic heterocycles. The predicted molar refractivity (Wildman–Crippen MR) is 98.1 cm³/mol. The second-order valence-electron chi connectivity index (χ2n) is 5.65. The Kier molecular flexibility index (Phi) is 8.29. The third-order valence-corrected chi connectivity index (χ3v) is 4.72. The average Bonchev–Trinajstić information content (AvgIpc) is 2.49. The van der Waals surface area contributed by atoms with Crippen LogP contribution < -0.4 is 15.4 Å². The van der Waals surface area contributed by atoms with Gasteiger partial charge in [-0.3, -0.25) is 4.79 Å². The SMILES string of the molecule is CS(=O)(=O)CCOc1ccc(Cl)cc1NC(=O)C1CCCNC1.Cl. The van der Waals surface area contributed by atoms with Gasteiger partial charge in [0.05, 0.1) is 17.4 Å². The van der Waals surface area contributed by atoms with Crippen LogP contribution in [0.1, 0.15) is 12.8 Å². The van der Waals surface area contributed by atoms with Gasteiger partial charge in [-0.15, -0.1) is 12.4 Å². The monoisotopic (exact) mass is 396 g/mol. The van der Waals surface area contributed by atoms with Gasteiger partial charge in [-0.25, -0.2) is 8.42 Å². The van der Waals surface area contributed by atoms with Gasteiger partial charge in [0.25, 0.3) is 0 Å². The van der Waals surface area contributed by atoms with Crippen molar-refractivity contribution in [2.75, 3.05) is 37.0 Å². The van der Waals surface area contributed by atoms with E-state index in [1.165, 1.54) is 0 Å². The molecule has 1 heterocycles. The molecule has 24 heavy (non-hydrogen) atoms. The molecule has 0 aromatic heterocycles. The summed E-state index contributed by atoms with van der Waals surface area (Å²) in [7, 11) is -3.10. The van der Waals surface area contributed by atoms with Gasteiger partial charge in [0.15, 0.2) is 9.84 Å². The van der Waals surface area contributed by atoms with Crippen molar-refractivity contribution in [3.8, 4) is 5.75 Å². The van der Waals surface area contributed by atoms with Gasteiger partial charge in [0, 0.05) is 17.8 Å². The molecule has 2 rings (SSSR count). The lowest BCUT2D eigenvalue weighted by Gasteiger charge is -2.22. The number of rotatable bonds is 6. The fraction of sp³-hybridized carbons (Fsp3) is 0.533. The molecule has 1 atom stereocenters. The first-order chi connectivity index (χ1) is 10.8. The number of hydrogen-bond acceptors (Lipinski definition) is 5. The number of benzene rings is 1. The summed E-state index contributed by atoms with van der Waals surface area (Å²) in [5, 5.41) is 6.49. The number of ether oxygens (including phenoxy) is 1. The molecule has 0 saturated carbocycles. The molecular formula is C15H22Cl2N2O4S. The molecule has 0 aliphatic carbocycles. The highest BCUT2D eigenvalue weighted by molar-refractivity contribution is 7.90. The molecule has 1 aliphatic rings. The van der Waals surface area contributed by atoms with Crippen LogP contribution in [-0.2, 0) is 14.6 Å². The first-order valence-corrected chi connectivity index (χ1v) is 9.90. The third-order valence-electron chi connectivity index (χ3n) is 3.58. The van der Waals surface area contributed by atoms with Crippen LogP contribution in [0, 0.1) is 5.92 Å². The Balaban J connectivity index is 0.00000288. The Morgan fingerprint density at radius 2 is 2.21 bits per heavy atom. The van der Waals surface area contributed by atoms with Gasteiger partial charge >= 0.3 is 0 Å². The van der Waals surface area contributed by atoms with Gasteiger partial charge in [-0.2, -0.15) is 0 Å². The first-order valence-electron chi connectivity index (χ1n) is 7.47. The van der Waals surface area contributed by atoms with Crippen molar-refractivity contribution < 1.29 is 17.9 Å². The van der Waals surface area contributed by atoms with Crippen molar-refractivity contribution in [1.82, 2.24) is 5.32 Å². The van der Waals surface area contributed by atoms with Crippen LogP contribution in [-0.4, -0.2) is 46.0 Å². The minimum atomic E-state index is -3.10. The van der Waals surface area contributed by atoms with Gasteiger partial charge in [0.1, 0.15) is 12.4 Å². The van der Waals surface area contributed by atoms with Gasteiger partial charge in [-0.05, 0) is 37.6 Å². The molecule has 0 radical (unpaired) electrons. The number of halogens is 2. The second kappa shape index (κ2) is 9.46. The summed E-state index contributed by atoms with van der Waals surface area (Å²) in [5.41, 5.74) is 0.460. The summed E-state index contributed by atoms with van der Waals surface area (Å²) >= 11 is 5.98. The maximum Gasteiger partial charge on any atom is 0.228 e. The number of carbonyl (C=O) groups is 1. The van der Waals surface area contributed by atoms with E-state index < -0.39 is 9.84 Å². The fourth-order valence-electron chi connectivity index (χ4n) is 2.34. The van der Waals surface area contributed by atoms with E-state index in [0.29, 0.717) is 23.0 Å². The molecule has 0 bridgehead atoms. The van der Waals surface area contributed by atoms with E-state index >= 15 is 0 Å². The summed E-state index contributed by atoms with van der Waals surface area (Å²) in [6.07, 6.45) is 2.95. The van der Waals surface area contributed by atoms with Gasteiger partial charge < -0.3 is 15.4 Å². The number of anilines is 1. The number of nitrogens with one attached hydrogen (secondary N) is 2. The lowest BCUT2D eigenvalue weighted by atomic mass is 9.99. The van der Waals surface area contributed by atoms with Crippen molar-refractivity contribution in [2.45, 2.75) is 12.8 Å². The molecule has 2 N–H and O–H groups in total. The molecular weight excluding hydrogens is 375 g/mol. The summed E-state index contributed by atoms with van der Waals surface area (Å²) < 4.78 is 27.8. The van der Waals surface area contributed by atoms with Crippen LogP contribution in [0.5, 0.6) is 5.75 Å². The Bertz CT molecular complexity index is 661. The highest BCUT2D eigenvalue weighted by atomic mass is 35.5. The normalized spacial score (nSPS) is 17.7. The van der Waals surface area contributed by atoms with Crippen molar-refractivity contribution in [2.24, 2.45) is 5.92 Å². The zero-order valence-corrected chi connectivity index (χ0v) is 15.8. The molecule has 1 saturated heterocycles. The molecule has 0 spiro atoms. The van der Waals surface area contributed by atoms with E-state index in [0.717, 1.165) is 25.6 Å². The Hall–Kier alpha value is -1.02. The maximum absolute atomic E-state index is 12.3. The van der Waals surface area contributed by atoms with Crippen molar-refractivity contribution >= 4 is 45.4 Å². The number of amides is 1. The summed E-state index contributed by atoms with van der Waals surface area (Å²) in [6.45, 7) is 1.60. The molecule has 9 heteroatoms. The number of piperidine rings is 1. The average molecular weight is 397 g/mol.